The van der Waals surface area contributed by atoms with Crippen LogP contribution in [0.3, 0.4) is 0 Å². The number of carbonyl (C=O) groups excluding carboxylic acids is 1. The van der Waals surface area contributed by atoms with E-state index in [1.807, 2.05) is 30.3 Å². The summed E-state index contributed by atoms with van der Waals surface area (Å²) in [6, 6.07) is 15.0. The van der Waals surface area contributed by atoms with Crippen molar-refractivity contribution in [2.45, 2.75) is 6.61 Å². The van der Waals surface area contributed by atoms with Crippen LogP contribution in [0.4, 0.5) is 10.5 Å². The molecule has 0 spiro atoms. The van der Waals surface area contributed by atoms with Crippen molar-refractivity contribution in [1.82, 2.24) is 5.43 Å². The van der Waals surface area contributed by atoms with Gasteiger partial charge in [-0.1, -0.05) is 30.3 Å². The smallest absolute Gasteiger partial charge is 0.428 e. The van der Waals surface area contributed by atoms with Gasteiger partial charge in [-0.15, -0.1) is 0 Å². The number of nitro benzene ring substituents is 1. The fourth-order valence-corrected chi connectivity index (χ4v) is 1.60. The molecule has 0 heterocycles. The molecule has 0 saturated heterocycles. The minimum Gasteiger partial charge on any atom is -0.443 e. The molecule has 0 radical (unpaired) electrons. The number of ether oxygens (including phenoxy) is 1. The normalized spacial score (nSPS) is 10.4. The first kappa shape index (κ1) is 15.2. The maximum atomic E-state index is 11.4. The predicted molar refractivity (Wildman–Crippen MR) is 80.5 cm³/mol. The molecule has 22 heavy (non-hydrogen) atoms. The first-order chi connectivity index (χ1) is 10.6. The Morgan fingerprint density at radius 1 is 1.18 bits per heavy atom. The van der Waals surface area contributed by atoms with E-state index in [9.17, 15) is 14.9 Å². The number of hydrazone groups is 1. The summed E-state index contributed by atoms with van der Waals surface area (Å²) >= 11 is 0. The van der Waals surface area contributed by atoms with Gasteiger partial charge in [0.1, 0.15) is 6.61 Å². The van der Waals surface area contributed by atoms with Crippen LogP contribution in [-0.4, -0.2) is 17.2 Å². The zero-order valence-corrected chi connectivity index (χ0v) is 11.5. The van der Waals surface area contributed by atoms with Gasteiger partial charge >= 0.3 is 6.09 Å². The molecule has 0 aliphatic carbocycles. The first-order valence-electron chi connectivity index (χ1n) is 6.39. The van der Waals surface area contributed by atoms with Gasteiger partial charge in [-0.3, -0.25) is 10.1 Å². The lowest BCUT2D eigenvalue weighted by molar-refractivity contribution is -0.384. The number of nitrogens with one attached hydrogen (secondary N) is 1. The van der Waals surface area contributed by atoms with Gasteiger partial charge in [0.15, 0.2) is 0 Å². The molecule has 0 aromatic heterocycles. The van der Waals surface area contributed by atoms with Crippen molar-refractivity contribution in [3.63, 3.8) is 0 Å². The average Bonchev–Trinajstić information content (AvgIpc) is 2.54. The minimum absolute atomic E-state index is 0.00706. The summed E-state index contributed by atoms with van der Waals surface area (Å²) in [5.41, 5.74) is 3.70. The van der Waals surface area contributed by atoms with Crippen LogP contribution in [-0.2, 0) is 11.3 Å². The number of hydrogen-bond donors (Lipinski definition) is 1. The lowest BCUT2D eigenvalue weighted by Crippen LogP contribution is -2.18. The SMILES string of the molecule is O=C(N/N=C/c1ccc([N+](=O)[O-])cc1)OCc1ccccc1. The molecule has 0 bridgehead atoms. The van der Waals surface area contributed by atoms with Crippen molar-refractivity contribution in [2.75, 3.05) is 0 Å². The number of nitrogens with zero attached hydrogens (tertiary/aromatic N) is 2. The van der Waals surface area contributed by atoms with Gasteiger partial charge in [0.2, 0.25) is 0 Å². The van der Waals surface area contributed by atoms with Crippen molar-refractivity contribution in [3.05, 3.63) is 75.8 Å². The molecule has 2 rings (SSSR count). The van der Waals surface area contributed by atoms with E-state index in [2.05, 4.69) is 10.5 Å². The topological polar surface area (TPSA) is 93.8 Å². The highest BCUT2D eigenvalue weighted by atomic mass is 16.6. The van der Waals surface area contributed by atoms with E-state index >= 15 is 0 Å². The largest absolute Gasteiger partial charge is 0.443 e. The Morgan fingerprint density at radius 3 is 2.50 bits per heavy atom. The number of non-ortho nitro benzene ring substituents is 1. The van der Waals surface area contributed by atoms with Crippen LogP contribution in [0.1, 0.15) is 11.1 Å². The monoisotopic (exact) mass is 299 g/mol. The fraction of sp³-hybridized carbons (Fsp3) is 0.0667. The second-order valence-electron chi connectivity index (χ2n) is 4.28. The third kappa shape index (κ3) is 4.71. The first-order valence-corrected chi connectivity index (χ1v) is 6.39. The second kappa shape index (κ2) is 7.53. The van der Waals surface area contributed by atoms with Gasteiger partial charge in [0.25, 0.3) is 5.69 Å². The molecule has 7 heteroatoms. The van der Waals surface area contributed by atoms with Crippen molar-refractivity contribution >= 4 is 18.0 Å². The zero-order valence-electron chi connectivity index (χ0n) is 11.5. The Balaban J connectivity index is 1.79. The number of nitro groups is 1. The molecule has 112 valence electrons. The van der Waals surface area contributed by atoms with Gasteiger partial charge in [0, 0.05) is 12.1 Å². The van der Waals surface area contributed by atoms with E-state index < -0.39 is 11.0 Å². The van der Waals surface area contributed by atoms with Crippen LogP contribution < -0.4 is 5.43 Å². The molecule has 2 aromatic rings. The van der Waals surface area contributed by atoms with Crippen LogP contribution in [0, 0.1) is 10.1 Å². The Bertz CT molecular complexity index is 669. The van der Waals surface area contributed by atoms with Crippen molar-refractivity contribution in [3.8, 4) is 0 Å². The summed E-state index contributed by atoms with van der Waals surface area (Å²) < 4.78 is 4.96. The van der Waals surface area contributed by atoms with E-state index in [-0.39, 0.29) is 12.3 Å². The maximum Gasteiger partial charge on any atom is 0.428 e. The lowest BCUT2D eigenvalue weighted by atomic mass is 10.2. The maximum absolute atomic E-state index is 11.4. The molecular weight excluding hydrogens is 286 g/mol. The highest BCUT2D eigenvalue weighted by Gasteiger charge is 2.03. The number of amides is 1. The quantitative estimate of drug-likeness (QED) is 0.522. The summed E-state index contributed by atoms with van der Waals surface area (Å²) in [6.07, 6.45) is 0.690. The molecule has 0 fully saturated rings. The summed E-state index contributed by atoms with van der Waals surface area (Å²) in [6.45, 7) is 0.153. The molecular formula is C15H13N3O4. The van der Waals surface area contributed by atoms with Crippen LogP contribution in [0.25, 0.3) is 0 Å². The van der Waals surface area contributed by atoms with Crippen molar-refractivity contribution in [2.24, 2.45) is 5.10 Å². The minimum atomic E-state index is -0.679. The van der Waals surface area contributed by atoms with Crippen LogP contribution in [0.15, 0.2) is 59.7 Å². The summed E-state index contributed by atoms with van der Waals surface area (Å²) in [7, 11) is 0. The van der Waals surface area contributed by atoms with Crippen molar-refractivity contribution in [1.29, 1.82) is 0 Å². The van der Waals surface area contributed by atoms with Gasteiger partial charge in [-0.05, 0) is 23.3 Å². The molecule has 0 aliphatic heterocycles. The number of hydrogen-bond acceptors (Lipinski definition) is 5. The standard InChI is InChI=1S/C15H13N3O4/c19-15(22-11-13-4-2-1-3-5-13)17-16-10-12-6-8-14(9-7-12)18(20)21/h1-10H,11H2,(H,17,19)/b16-10+. The third-order valence-corrected chi connectivity index (χ3v) is 2.69. The lowest BCUT2D eigenvalue weighted by Gasteiger charge is -2.03. The van der Waals surface area contributed by atoms with Crippen LogP contribution in [0.2, 0.25) is 0 Å². The zero-order chi connectivity index (χ0) is 15.8. The predicted octanol–water partition coefficient (Wildman–Crippen LogP) is 2.86. The number of carbonyl (C=O) groups is 1. The second-order valence-corrected chi connectivity index (χ2v) is 4.28. The number of benzene rings is 2. The summed E-state index contributed by atoms with van der Waals surface area (Å²) in [5, 5.41) is 14.2. The van der Waals surface area contributed by atoms with E-state index in [4.69, 9.17) is 4.74 Å². The van der Waals surface area contributed by atoms with E-state index in [1.54, 1.807) is 0 Å². The highest BCUT2D eigenvalue weighted by molar-refractivity contribution is 5.81. The Morgan fingerprint density at radius 2 is 1.86 bits per heavy atom. The van der Waals surface area contributed by atoms with Gasteiger partial charge in [0.05, 0.1) is 11.1 Å². The molecule has 2 aromatic carbocycles. The Kier molecular flexibility index (Phi) is 5.20. The molecule has 0 aliphatic rings. The van der Waals surface area contributed by atoms with Crippen molar-refractivity contribution < 1.29 is 14.5 Å². The van der Waals surface area contributed by atoms with Crippen LogP contribution >= 0.6 is 0 Å². The average molecular weight is 299 g/mol. The molecule has 0 unspecified atom stereocenters. The molecule has 0 saturated carbocycles. The fourth-order valence-electron chi connectivity index (χ4n) is 1.60. The van der Waals surface area contributed by atoms with Gasteiger partial charge < -0.3 is 4.74 Å². The summed E-state index contributed by atoms with van der Waals surface area (Å²) in [4.78, 5) is 21.4. The van der Waals surface area contributed by atoms with E-state index in [0.717, 1.165) is 5.56 Å². The Hall–Kier alpha value is -3.22. The molecule has 0 atom stereocenters. The van der Waals surface area contributed by atoms with Gasteiger partial charge in [-0.2, -0.15) is 5.10 Å². The summed E-state index contributed by atoms with van der Waals surface area (Å²) in [5.74, 6) is 0. The van der Waals surface area contributed by atoms with Crippen LogP contribution in [0.5, 0.6) is 0 Å². The van der Waals surface area contributed by atoms with E-state index in [0.29, 0.717) is 5.56 Å². The molecule has 1 amide bonds. The number of rotatable bonds is 5. The van der Waals surface area contributed by atoms with E-state index in [1.165, 1.54) is 30.5 Å². The molecule has 7 nitrogen and oxygen atoms in total. The third-order valence-electron chi connectivity index (χ3n) is 2.69. The van der Waals surface area contributed by atoms with Gasteiger partial charge in [-0.25, -0.2) is 10.2 Å². The highest BCUT2D eigenvalue weighted by Crippen LogP contribution is 2.10. The molecule has 1 N–H and O–H groups in total. The Labute approximate surface area is 126 Å².